The molecule has 0 bridgehead atoms. The Kier molecular flexibility index (Phi) is 4.39. The molecule has 4 rings (SSSR count). The number of rotatable bonds is 4. The Morgan fingerprint density at radius 3 is 3.04 bits per heavy atom. The highest BCUT2D eigenvalue weighted by atomic mass is 16.5. The van der Waals surface area contributed by atoms with E-state index in [9.17, 15) is 5.11 Å². The second-order valence-corrected chi connectivity index (χ2v) is 6.91. The van der Waals surface area contributed by atoms with Gasteiger partial charge in [-0.25, -0.2) is 4.98 Å². The van der Waals surface area contributed by atoms with Gasteiger partial charge in [0, 0.05) is 43.1 Å². The van der Waals surface area contributed by atoms with Crippen LogP contribution in [0.25, 0.3) is 11.4 Å². The van der Waals surface area contributed by atoms with E-state index in [1.165, 1.54) is 0 Å². The van der Waals surface area contributed by atoms with Crippen molar-refractivity contribution in [2.75, 3.05) is 26.3 Å². The van der Waals surface area contributed by atoms with Crippen molar-refractivity contribution in [3.63, 3.8) is 0 Å². The summed E-state index contributed by atoms with van der Waals surface area (Å²) >= 11 is 0. The first-order valence-electron chi connectivity index (χ1n) is 9.00. The summed E-state index contributed by atoms with van der Waals surface area (Å²) in [5.41, 5.74) is 0.959. The molecule has 0 spiro atoms. The minimum absolute atomic E-state index is 0.160. The number of aromatic nitrogens is 2. The fraction of sp³-hybridized carbons (Fsp3) is 0.526. The molecule has 0 radical (unpaired) electrons. The summed E-state index contributed by atoms with van der Waals surface area (Å²) in [6, 6.07) is 6.32. The van der Waals surface area contributed by atoms with Gasteiger partial charge in [0.05, 0.1) is 19.3 Å². The van der Waals surface area contributed by atoms with E-state index in [0.29, 0.717) is 30.5 Å². The molecule has 0 saturated carbocycles. The van der Waals surface area contributed by atoms with E-state index < -0.39 is 0 Å². The molecule has 2 fully saturated rings. The van der Waals surface area contributed by atoms with Crippen molar-refractivity contribution in [3.8, 4) is 22.9 Å². The van der Waals surface area contributed by atoms with Crippen LogP contribution in [0.3, 0.4) is 0 Å². The molecule has 2 aliphatic heterocycles. The number of hydrogen-bond acceptors (Lipinski definition) is 5. The van der Waals surface area contributed by atoms with Gasteiger partial charge in [-0.05, 0) is 38.5 Å². The molecule has 0 unspecified atom stereocenters. The minimum atomic E-state index is 0.160. The lowest BCUT2D eigenvalue weighted by Gasteiger charge is -2.33. The van der Waals surface area contributed by atoms with E-state index in [-0.39, 0.29) is 5.75 Å². The van der Waals surface area contributed by atoms with E-state index in [1.807, 2.05) is 25.3 Å². The molecule has 134 valence electrons. The highest BCUT2D eigenvalue weighted by molar-refractivity contribution is 5.61. The zero-order valence-corrected chi connectivity index (χ0v) is 14.8. The zero-order valence-electron chi connectivity index (χ0n) is 14.8. The Hall–Kier alpha value is -2.05. The van der Waals surface area contributed by atoms with Gasteiger partial charge in [-0.15, -0.1) is 0 Å². The smallest absolute Gasteiger partial charge is 0.161 e. The van der Waals surface area contributed by atoms with E-state index in [2.05, 4.69) is 27.6 Å². The number of morpholine rings is 1. The Balaban J connectivity index is 1.60. The summed E-state index contributed by atoms with van der Waals surface area (Å²) in [5, 5.41) is 9.94. The molecule has 2 aliphatic rings. The third-order valence-electron chi connectivity index (χ3n) is 5.15. The van der Waals surface area contributed by atoms with Gasteiger partial charge in [0.2, 0.25) is 0 Å². The second kappa shape index (κ2) is 6.69. The third kappa shape index (κ3) is 3.12. The van der Waals surface area contributed by atoms with Crippen molar-refractivity contribution in [1.29, 1.82) is 0 Å². The fourth-order valence-corrected chi connectivity index (χ4v) is 3.97. The molecule has 6 heteroatoms. The number of benzene rings is 1. The maximum absolute atomic E-state index is 9.94. The quantitative estimate of drug-likeness (QED) is 0.925. The lowest BCUT2D eigenvalue weighted by Crippen LogP contribution is -2.44. The molecule has 3 heterocycles. The van der Waals surface area contributed by atoms with Crippen LogP contribution in [0, 0.1) is 0 Å². The lowest BCUT2D eigenvalue weighted by molar-refractivity contribution is -0.0390. The van der Waals surface area contributed by atoms with Gasteiger partial charge in [-0.1, -0.05) is 0 Å². The highest BCUT2D eigenvalue weighted by Crippen LogP contribution is 2.35. The summed E-state index contributed by atoms with van der Waals surface area (Å²) in [5.74, 6) is 1.58. The van der Waals surface area contributed by atoms with Crippen LogP contribution >= 0.6 is 0 Å². The van der Waals surface area contributed by atoms with Crippen LogP contribution in [0.4, 0.5) is 0 Å². The summed E-state index contributed by atoms with van der Waals surface area (Å²) in [7, 11) is 0. The lowest BCUT2D eigenvalue weighted by atomic mass is 10.1. The fourth-order valence-electron chi connectivity index (χ4n) is 3.97. The number of ether oxygens (including phenoxy) is 2. The first-order valence-corrected chi connectivity index (χ1v) is 9.00. The molecule has 3 atom stereocenters. The van der Waals surface area contributed by atoms with E-state index >= 15 is 0 Å². The van der Waals surface area contributed by atoms with Crippen LogP contribution in [0.15, 0.2) is 30.6 Å². The number of phenolic OH excluding ortho intramolecular Hbond substituents is 1. The largest absolute Gasteiger partial charge is 0.504 e. The molecule has 0 amide bonds. The molecule has 0 aliphatic carbocycles. The monoisotopic (exact) mass is 343 g/mol. The predicted molar refractivity (Wildman–Crippen MR) is 94.9 cm³/mol. The van der Waals surface area contributed by atoms with E-state index in [4.69, 9.17) is 9.47 Å². The second-order valence-electron chi connectivity index (χ2n) is 6.91. The van der Waals surface area contributed by atoms with Crippen molar-refractivity contribution in [2.24, 2.45) is 0 Å². The van der Waals surface area contributed by atoms with Gasteiger partial charge in [-0.3, -0.25) is 4.90 Å². The minimum Gasteiger partial charge on any atom is -0.504 e. The van der Waals surface area contributed by atoms with Crippen molar-refractivity contribution in [3.05, 3.63) is 30.6 Å². The van der Waals surface area contributed by atoms with E-state index in [1.54, 1.807) is 6.07 Å². The Morgan fingerprint density at radius 1 is 1.32 bits per heavy atom. The maximum atomic E-state index is 9.94. The van der Waals surface area contributed by atoms with Gasteiger partial charge in [0.15, 0.2) is 11.5 Å². The first-order chi connectivity index (χ1) is 12.2. The van der Waals surface area contributed by atoms with Crippen LogP contribution in [0.1, 0.15) is 26.3 Å². The molecule has 1 N–H and O–H groups in total. The molecule has 1 aromatic carbocycles. The molecule has 1 aromatic heterocycles. The van der Waals surface area contributed by atoms with Gasteiger partial charge >= 0.3 is 0 Å². The maximum Gasteiger partial charge on any atom is 0.161 e. The molecule has 2 saturated heterocycles. The highest BCUT2D eigenvalue weighted by Gasteiger charge is 2.37. The number of aromatic hydroxyl groups is 1. The SMILES string of the molecule is CCOc1cc(-c2nccn2[C@@H]2C[C@H]3CO[C@@H](C)CN3C2)ccc1O. The Morgan fingerprint density at radius 2 is 2.20 bits per heavy atom. The van der Waals surface area contributed by atoms with Crippen molar-refractivity contribution >= 4 is 0 Å². The summed E-state index contributed by atoms with van der Waals surface area (Å²) in [6.07, 6.45) is 5.28. The molecular formula is C19H25N3O3. The summed E-state index contributed by atoms with van der Waals surface area (Å²) in [6.45, 7) is 7.40. The summed E-state index contributed by atoms with van der Waals surface area (Å²) in [4.78, 5) is 7.10. The predicted octanol–water partition coefficient (Wildman–Crippen LogP) is 2.69. The number of imidazole rings is 1. The van der Waals surface area contributed by atoms with Crippen LogP contribution in [-0.4, -0.2) is 58.0 Å². The van der Waals surface area contributed by atoms with Crippen LogP contribution in [0.2, 0.25) is 0 Å². The number of phenols is 1. The van der Waals surface area contributed by atoms with E-state index in [0.717, 1.165) is 37.5 Å². The van der Waals surface area contributed by atoms with Crippen molar-refractivity contribution in [1.82, 2.24) is 14.5 Å². The van der Waals surface area contributed by atoms with Gasteiger partial charge < -0.3 is 19.1 Å². The van der Waals surface area contributed by atoms with Crippen LogP contribution in [0.5, 0.6) is 11.5 Å². The molecular weight excluding hydrogens is 318 g/mol. The average molecular weight is 343 g/mol. The average Bonchev–Trinajstić information content (AvgIpc) is 3.22. The van der Waals surface area contributed by atoms with Gasteiger partial charge in [0.1, 0.15) is 5.82 Å². The summed E-state index contributed by atoms with van der Waals surface area (Å²) < 4.78 is 13.6. The topological polar surface area (TPSA) is 59.8 Å². The van der Waals surface area contributed by atoms with Gasteiger partial charge in [-0.2, -0.15) is 0 Å². The van der Waals surface area contributed by atoms with Crippen molar-refractivity contribution < 1.29 is 14.6 Å². The van der Waals surface area contributed by atoms with Crippen molar-refractivity contribution in [2.45, 2.75) is 38.5 Å². The molecule has 25 heavy (non-hydrogen) atoms. The Bertz CT molecular complexity index is 745. The first kappa shape index (κ1) is 16.4. The number of nitrogens with zero attached hydrogens (tertiary/aromatic N) is 3. The van der Waals surface area contributed by atoms with Gasteiger partial charge in [0.25, 0.3) is 0 Å². The standard InChI is InChI=1S/C19H25N3O3/c1-3-24-18-8-14(4-5-17(18)23)19-20-6-7-22(19)15-9-16-12-25-13(2)10-21(16)11-15/h4-8,13,15-16,23H,3,9-12H2,1-2H3/t13-,15+,16-/m0/s1. The normalized spacial score (nSPS) is 26.6. The zero-order chi connectivity index (χ0) is 17.4. The Labute approximate surface area is 148 Å². The van der Waals surface area contributed by atoms with Crippen LogP contribution < -0.4 is 4.74 Å². The third-order valence-corrected chi connectivity index (χ3v) is 5.15. The molecule has 2 aromatic rings. The molecule has 6 nitrogen and oxygen atoms in total. The number of fused-ring (bicyclic) bond motifs is 1. The van der Waals surface area contributed by atoms with Crippen LogP contribution in [-0.2, 0) is 4.74 Å². The number of hydrogen-bond donors (Lipinski definition) is 1.